The third kappa shape index (κ3) is 5.80. The summed E-state index contributed by atoms with van der Waals surface area (Å²) in [5.41, 5.74) is 1.26. The number of aromatic nitrogens is 1. The molecule has 1 fully saturated rings. The molecule has 0 bridgehead atoms. The number of unbranched alkanes of at least 4 members (excludes halogenated alkanes) is 1. The van der Waals surface area contributed by atoms with E-state index in [1.54, 1.807) is 18.2 Å². The molecule has 1 aliphatic heterocycles. The highest BCUT2D eigenvalue weighted by atomic mass is 16.6. The Morgan fingerprint density at radius 3 is 2.20 bits per heavy atom. The van der Waals surface area contributed by atoms with E-state index in [4.69, 9.17) is 14.2 Å². The number of pyridine rings is 1. The molecule has 0 unspecified atom stereocenters. The number of nitrogens with zero attached hydrogens (tertiary/aromatic N) is 1. The number of benzene rings is 2. The van der Waals surface area contributed by atoms with Gasteiger partial charge in [0, 0.05) is 38.5 Å². The van der Waals surface area contributed by atoms with Crippen LogP contribution in [0.4, 0.5) is 0 Å². The Bertz CT molecular complexity index is 1460. The van der Waals surface area contributed by atoms with Crippen molar-refractivity contribution in [3.8, 4) is 28.4 Å². The van der Waals surface area contributed by atoms with Crippen LogP contribution in [0.1, 0.15) is 66.7 Å². The number of aryl methyl sites for hydroxylation is 2. The number of ether oxygens (including phenoxy) is 3. The van der Waals surface area contributed by atoms with E-state index >= 15 is 0 Å². The van der Waals surface area contributed by atoms with Crippen LogP contribution in [0, 0.1) is 6.92 Å². The Labute approximate surface area is 240 Å². The summed E-state index contributed by atoms with van der Waals surface area (Å²) < 4.78 is 17.1. The van der Waals surface area contributed by atoms with Crippen molar-refractivity contribution < 1.29 is 28.9 Å². The minimum absolute atomic E-state index is 0.226. The Morgan fingerprint density at radius 1 is 1.00 bits per heavy atom. The topological polar surface area (TPSA) is 118 Å². The summed E-state index contributed by atoms with van der Waals surface area (Å²) in [4.78, 5) is 43.7. The third-order valence-electron chi connectivity index (χ3n) is 7.77. The molecule has 3 aromatic rings. The molecule has 1 amide bonds. The van der Waals surface area contributed by atoms with Gasteiger partial charge in [0.05, 0.1) is 25.3 Å². The molecule has 218 valence electrons. The molecule has 0 atom stereocenters. The first kappa shape index (κ1) is 29.7. The lowest BCUT2D eigenvalue weighted by Gasteiger charge is -2.42. The highest BCUT2D eigenvalue weighted by Gasteiger charge is 2.42. The Morgan fingerprint density at radius 2 is 1.63 bits per heavy atom. The lowest BCUT2D eigenvalue weighted by molar-refractivity contribution is -0.163. The number of esters is 1. The summed E-state index contributed by atoms with van der Waals surface area (Å²) in [6.07, 6.45) is 2.81. The fraction of sp³-hybridized carbons (Fsp3) is 0.406. The number of aromatic amines is 1. The molecule has 1 aliphatic rings. The molecule has 1 saturated heterocycles. The number of nitrogens with one attached hydrogen (secondary N) is 1. The standard InChI is InChI=1S/C32H38N2O7/c1-6-7-13-23-26(27-24(39-4)14-10-15-25(27)40-5)29(36)28(30(37)33-23)31(38)34-18-16-32(17-19-34,41-21(3)35)22-12-9-8-11-20(22)2/h8-12,14-15H,6-7,13,16-19H2,1-5H3,(H2,33,36,37). The number of aromatic hydroxyl groups is 1. The molecule has 0 aliphatic carbocycles. The molecule has 9 heteroatoms. The number of methoxy groups -OCH3 is 2. The second kappa shape index (κ2) is 12.5. The van der Waals surface area contributed by atoms with Crippen LogP contribution in [0.3, 0.4) is 0 Å². The summed E-state index contributed by atoms with van der Waals surface area (Å²) >= 11 is 0. The van der Waals surface area contributed by atoms with Crippen LogP contribution >= 0.6 is 0 Å². The number of H-pyrrole nitrogens is 1. The van der Waals surface area contributed by atoms with Gasteiger partial charge in [0.25, 0.3) is 11.5 Å². The Balaban J connectivity index is 1.76. The second-order valence-electron chi connectivity index (χ2n) is 10.4. The van der Waals surface area contributed by atoms with E-state index in [1.807, 2.05) is 38.1 Å². The number of carbonyl (C=O) groups excluding carboxylic acids is 2. The van der Waals surface area contributed by atoms with Crippen molar-refractivity contribution in [2.24, 2.45) is 0 Å². The van der Waals surface area contributed by atoms with Gasteiger partial charge in [-0.25, -0.2) is 0 Å². The lowest BCUT2D eigenvalue weighted by atomic mass is 9.81. The molecule has 2 aromatic carbocycles. The SMILES string of the molecule is CCCCc1[nH]c(=O)c(C(=O)N2CCC(OC(C)=O)(c3ccccc3C)CC2)c(O)c1-c1c(OC)cccc1OC. The maximum atomic E-state index is 13.9. The molecular formula is C32H38N2O7. The van der Waals surface area contributed by atoms with E-state index in [9.17, 15) is 19.5 Å². The average molecular weight is 563 g/mol. The van der Waals surface area contributed by atoms with Crippen molar-refractivity contribution in [3.05, 3.63) is 75.2 Å². The fourth-order valence-corrected chi connectivity index (χ4v) is 5.76. The highest BCUT2D eigenvalue weighted by Crippen LogP contribution is 2.45. The molecule has 0 saturated carbocycles. The molecule has 2 heterocycles. The van der Waals surface area contributed by atoms with Gasteiger partial charge in [-0.3, -0.25) is 14.4 Å². The Hall–Kier alpha value is -4.27. The zero-order valence-electron chi connectivity index (χ0n) is 24.3. The highest BCUT2D eigenvalue weighted by molar-refractivity contribution is 6.00. The second-order valence-corrected chi connectivity index (χ2v) is 10.4. The van der Waals surface area contributed by atoms with Crippen molar-refractivity contribution in [2.75, 3.05) is 27.3 Å². The van der Waals surface area contributed by atoms with Gasteiger partial charge in [-0.1, -0.05) is 43.7 Å². The van der Waals surface area contributed by atoms with Crippen LogP contribution in [0.15, 0.2) is 47.3 Å². The number of hydrogen-bond donors (Lipinski definition) is 2. The largest absolute Gasteiger partial charge is 0.506 e. The van der Waals surface area contributed by atoms with E-state index < -0.39 is 28.8 Å². The molecule has 9 nitrogen and oxygen atoms in total. The van der Waals surface area contributed by atoms with Crippen molar-refractivity contribution in [1.82, 2.24) is 9.88 Å². The smallest absolute Gasteiger partial charge is 0.303 e. The molecule has 0 radical (unpaired) electrons. The van der Waals surface area contributed by atoms with Gasteiger partial charge in [0.2, 0.25) is 0 Å². The van der Waals surface area contributed by atoms with Crippen LogP contribution < -0.4 is 15.0 Å². The number of amides is 1. The molecule has 1 aromatic heterocycles. The molecule has 4 rings (SSSR count). The fourth-order valence-electron chi connectivity index (χ4n) is 5.76. The summed E-state index contributed by atoms with van der Waals surface area (Å²) in [5.74, 6) is -0.541. The lowest BCUT2D eigenvalue weighted by Crippen LogP contribution is -2.48. The van der Waals surface area contributed by atoms with E-state index in [0.717, 1.165) is 24.0 Å². The van der Waals surface area contributed by atoms with E-state index in [-0.39, 0.29) is 18.7 Å². The van der Waals surface area contributed by atoms with Gasteiger partial charge >= 0.3 is 5.97 Å². The van der Waals surface area contributed by atoms with Crippen LogP contribution in [-0.2, 0) is 21.6 Å². The van der Waals surface area contributed by atoms with Gasteiger partial charge < -0.3 is 29.2 Å². The maximum absolute atomic E-state index is 13.9. The normalized spacial score (nSPS) is 14.4. The number of likely N-dealkylation sites (tertiary alicyclic amines) is 1. The quantitative estimate of drug-likeness (QED) is 0.348. The van der Waals surface area contributed by atoms with Crippen LogP contribution in [0.5, 0.6) is 17.2 Å². The van der Waals surface area contributed by atoms with Gasteiger partial charge in [-0.2, -0.15) is 0 Å². The van der Waals surface area contributed by atoms with Crippen LogP contribution in [0.25, 0.3) is 11.1 Å². The molecular weight excluding hydrogens is 524 g/mol. The number of hydrogen-bond acceptors (Lipinski definition) is 7. The first-order chi connectivity index (χ1) is 19.7. The van der Waals surface area contributed by atoms with Crippen molar-refractivity contribution >= 4 is 11.9 Å². The molecule has 41 heavy (non-hydrogen) atoms. The van der Waals surface area contributed by atoms with E-state index in [2.05, 4.69) is 4.98 Å². The van der Waals surface area contributed by atoms with Crippen LogP contribution in [-0.4, -0.2) is 54.2 Å². The minimum Gasteiger partial charge on any atom is -0.506 e. The summed E-state index contributed by atoms with van der Waals surface area (Å²) in [7, 11) is 3.02. The summed E-state index contributed by atoms with van der Waals surface area (Å²) in [6.45, 7) is 5.82. The van der Waals surface area contributed by atoms with E-state index in [0.29, 0.717) is 47.6 Å². The van der Waals surface area contributed by atoms with Gasteiger partial charge in [-0.15, -0.1) is 0 Å². The first-order valence-electron chi connectivity index (χ1n) is 13.9. The first-order valence-corrected chi connectivity index (χ1v) is 13.9. The van der Waals surface area contributed by atoms with Gasteiger partial charge in [-0.05, 0) is 43.0 Å². The average Bonchev–Trinajstić information content (AvgIpc) is 2.95. The van der Waals surface area contributed by atoms with Crippen molar-refractivity contribution in [3.63, 3.8) is 0 Å². The van der Waals surface area contributed by atoms with Gasteiger partial charge in [0.1, 0.15) is 28.4 Å². The zero-order chi connectivity index (χ0) is 29.7. The van der Waals surface area contributed by atoms with E-state index in [1.165, 1.54) is 26.0 Å². The summed E-state index contributed by atoms with van der Waals surface area (Å²) in [5, 5.41) is 11.6. The Kier molecular flexibility index (Phi) is 9.05. The monoisotopic (exact) mass is 562 g/mol. The molecule has 0 spiro atoms. The number of rotatable bonds is 9. The van der Waals surface area contributed by atoms with Crippen molar-refractivity contribution in [2.45, 2.75) is 58.5 Å². The van der Waals surface area contributed by atoms with Crippen molar-refractivity contribution in [1.29, 1.82) is 0 Å². The number of carbonyl (C=O) groups is 2. The predicted octanol–water partition coefficient (Wildman–Crippen LogP) is 5.11. The van der Waals surface area contributed by atoms with Crippen LogP contribution in [0.2, 0.25) is 0 Å². The summed E-state index contributed by atoms with van der Waals surface area (Å²) in [6, 6.07) is 13.0. The minimum atomic E-state index is -0.887. The molecule has 2 N–H and O–H groups in total. The van der Waals surface area contributed by atoms with Gasteiger partial charge in [0.15, 0.2) is 0 Å². The number of piperidine rings is 1. The zero-order valence-corrected chi connectivity index (χ0v) is 24.3. The third-order valence-corrected chi connectivity index (χ3v) is 7.77. The predicted molar refractivity (Wildman–Crippen MR) is 156 cm³/mol. The maximum Gasteiger partial charge on any atom is 0.303 e.